The van der Waals surface area contributed by atoms with Crippen LogP contribution in [0, 0.1) is 0 Å². The van der Waals surface area contributed by atoms with Gasteiger partial charge in [0.25, 0.3) is 0 Å². The van der Waals surface area contributed by atoms with Gasteiger partial charge in [-0.3, -0.25) is 9.88 Å². The molecule has 0 aliphatic heterocycles. The summed E-state index contributed by atoms with van der Waals surface area (Å²) in [5, 5.41) is 2.79. The van der Waals surface area contributed by atoms with Gasteiger partial charge in [0.15, 0.2) is 0 Å². The molecule has 0 radical (unpaired) electrons. The summed E-state index contributed by atoms with van der Waals surface area (Å²) in [6.45, 7) is 7.41. The van der Waals surface area contributed by atoms with Gasteiger partial charge in [-0.1, -0.05) is 0 Å². The van der Waals surface area contributed by atoms with Crippen molar-refractivity contribution >= 4 is 11.7 Å². The van der Waals surface area contributed by atoms with E-state index in [2.05, 4.69) is 10.3 Å². The van der Waals surface area contributed by atoms with Crippen molar-refractivity contribution in [1.82, 2.24) is 10.3 Å². The van der Waals surface area contributed by atoms with Crippen molar-refractivity contribution in [2.45, 2.75) is 39.8 Å². The molecule has 0 aliphatic carbocycles. The summed E-state index contributed by atoms with van der Waals surface area (Å²) in [6.07, 6.45) is 3.26. The standard InChI is InChI=1S/C17H21N3O3/c1-11(2)19-17(22)20(12(3)4)14-7-8-15(23-16(14)21)13-6-5-9-18-10-13/h5-12H,1-4H3,(H,19,22). The lowest BCUT2D eigenvalue weighted by atomic mass is 10.2. The number of pyridine rings is 1. The van der Waals surface area contributed by atoms with E-state index in [0.717, 1.165) is 0 Å². The fraction of sp³-hybridized carbons (Fsp3) is 0.353. The number of aromatic nitrogens is 1. The molecular formula is C17H21N3O3. The molecule has 0 saturated heterocycles. The zero-order valence-corrected chi connectivity index (χ0v) is 13.7. The van der Waals surface area contributed by atoms with E-state index >= 15 is 0 Å². The molecule has 2 rings (SSSR count). The van der Waals surface area contributed by atoms with Gasteiger partial charge in [-0.2, -0.15) is 0 Å². The van der Waals surface area contributed by atoms with Gasteiger partial charge >= 0.3 is 11.7 Å². The van der Waals surface area contributed by atoms with Crippen LogP contribution in [-0.4, -0.2) is 23.1 Å². The van der Waals surface area contributed by atoms with E-state index in [-0.39, 0.29) is 23.8 Å². The minimum absolute atomic E-state index is 0.0227. The van der Waals surface area contributed by atoms with Crippen LogP contribution in [0.3, 0.4) is 0 Å². The number of amides is 2. The number of urea groups is 1. The second-order valence-corrected chi connectivity index (χ2v) is 5.78. The Balaban J connectivity index is 2.38. The SMILES string of the molecule is CC(C)NC(=O)N(c1ccc(-c2cccnc2)oc1=O)C(C)C. The third-order valence-electron chi connectivity index (χ3n) is 3.16. The minimum Gasteiger partial charge on any atom is -0.421 e. The topological polar surface area (TPSA) is 75.4 Å². The van der Waals surface area contributed by atoms with Crippen LogP contribution in [0.5, 0.6) is 0 Å². The van der Waals surface area contributed by atoms with Gasteiger partial charge in [-0.25, -0.2) is 9.59 Å². The maximum Gasteiger partial charge on any atom is 0.360 e. The summed E-state index contributed by atoms with van der Waals surface area (Å²) in [5.41, 5.74) is 0.364. The molecule has 6 heteroatoms. The average molecular weight is 315 g/mol. The predicted octanol–water partition coefficient (Wildman–Crippen LogP) is 3.03. The van der Waals surface area contributed by atoms with Crippen molar-refractivity contribution in [3.05, 3.63) is 47.1 Å². The van der Waals surface area contributed by atoms with Gasteiger partial charge in [0, 0.05) is 30.0 Å². The summed E-state index contributed by atoms with van der Waals surface area (Å²) < 4.78 is 5.36. The van der Waals surface area contributed by atoms with Gasteiger partial charge in [0.1, 0.15) is 11.4 Å². The zero-order chi connectivity index (χ0) is 17.0. The molecule has 2 amide bonds. The predicted molar refractivity (Wildman–Crippen MR) is 89.5 cm³/mol. The fourth-order valence-corrected chi connectivity index (χ4v) is 2.19. The molecule has 2 heterocycles. The third-order valence-corrected chi connectivity index (χ3v) is 3.16. The number of hydrogen-bond donors (Lipinski definition) is 1. The summed E-state index contributed by atoms with van der Waals surface area (Å²) in [4.78, 5) is 30.1. The van der Waals surface area contributed by atoms with Crippen molar-refractivity contribution in [1.29, 1.82) is 0 Å². The maximum absolute atomic E-state index is 12.3. The van der Waals surface area contributed by atoms with Gasteiger partial charge in [-0.05, 0) is 52.0 Å². The van der Waals surface area contributed by atoms with Gasteiger partial charge in [0.05, 0.1) is 0 Å². The molecule has 122 valence electrons. The average Bonchev–Trinajstić information content (AvgIpc) is 2.49. The molecule has 6 nitrogen and oxygen atoms in total. The molecule has 0 unspecified atom stereocenters. The summed E-state index contributed by atoms with van der Waals surface area (Å²) >= 11 is 0. The first-order chi connectivity index (χ1) is 10.9. The molecule has 0 atom stereocenters. The van der Waals surface area contributed by atoms with Gasteiger partial charge in [-0.15, -0.1) is 0 Å². The molecule has 0 saturated carbocycles. The van der Waals surface area contributed by atoms with Crippen molar-refractivity contribution in [2.75, 3.05) is 4.90 Å². The largest absolute Gasteiger partial charge is 0.421 e. The number of carbonyl (C=O) groups is 1. The van der Waals surface area contributed by atoms with Crippen molar-refractivity contribution in [3.8, 4) is 11.3 Å². The summed E-state index contributed by atoms with van der Waals surface area (Å²) in [6, 6.07) is 6.32. The molecule has 0 aromatic carbocycles. The molecule has 2 aromatic heterocycles. The first kappa shape index (κ1) is 16.7. The monoisotopic (exact) mass is 315 g/mol. The third kappa shape index (κ3) is 3.97. The van der Waals surface area contributed by atoms with Crippen molar-refractivity contribution in [3.63, 3.8) is 0 Å². The molecule has 1 N–H and O–H groups in total. The van der Waals surface area contributed by atoms with Crippen molar-refractivity contribution < 1.29 is 9.21 Å². The molecule has 23 heavy (non-hydrogen) atoms. The first-order valence-corrected chi connectivity index (χ1v) is 7.54. The maximum atomic E-state index is 12.3. The van der Waals surface area contributed by atoms with Crippen LogP contribution in [-0.2, 0) is 0 Å². The second-order valence-electron chi connectivity index (χ2n) is 5.78. The van der Waals surface area contributed by atoms with Crippen LogP contribution in [0.2, 0.25) is 0 Å². The lowest BCUT2D eigenvalue weighted by molar-refractivity contribution is 0.242. The molecule has 2 aromatic rings. The Hall–Kier alpha value is -2.63. The van der Waals surface area contributed by atoms with E-state index < -0.39 is 5.63 Å². The quantitative estimate of drug-likeness (QED) is 0.941. The van der Waals surface area contributed by atoms with E-state index in [0.29, 0.717) is 11.3 Å². The first-order valence-electron chi connectivity index (χ1n) is 7.54. The molecule has 0 spiro atoms. The highest BCUT2D eigenvalue weighted by Crippen LogP contribution is 2.20. The minimum atomic E-state index is -0.557. The van der Waals surface area contributed by atoms with Crippen LogP contribution in [0.25, 0.3) is 11.3 Å². The Morgan fingerprint density at radius 2 is 1.96 bits per heavy atom. The lowest BCUT2D eigenvalue weighted by Crippen LogP contribution is -2.48. The van der Waals surface area contributed by atoms with Crippen LogP contribution >= 0.6 is 0 Å². The van der Waals surface area contributed by atoms with Gasteiger partial charge < -0.3 is 9.73 Å². The lowest BCUT2D eigenvalue weighted by Gasteiger charge is -2.26. The van der Waals surface area contributed by atoms with Gasteiger partial charge in [0.2, 0.25) is 0 Å². The highest BCUT2D eigenvalue weighted by Gasteiger charge is 2.23. The second kappa shape index (κ2) is 7.09. The molecule has 0 aliphatic rings. The Labute approximate surface area is 135 Å². The number of carbonyl (C=O) groups excluding carboxylic acids is 1. The smallest absolute Gasteiger partial charge is 0.360 e. The zero-order valence-electron chi connectivity index (χ0n) is 13.7. The number of rotatable bonds is 4. The Morgan fingerprint density at radius 1 is 1.22 bits per heavy atom. The van der Waals surface area contributed by atoms with E-state index in [1.54, 1.807) is 36.7 Å². The van der Waals surface area contributed by atoms with Crippen molar-refractivity contribution in [2.24, 2.45) is 0 Å². The molecule has 0 fully saturated rings. The number of anilines is 1. The molecular weight excluding hydrogens is 294 g/mol. The van der Waals surface area contributed by atoms with Crippen LogP contribution < -0.4 is 15.8 Å². The van der Waals surface area contributed by atoms with E-state index in [4.69, 9.17) is 4.42 Å². The normalized spacial score (nSPS) is 10.9. The Bertz CT molecular complexity index is 723. The van der Waals surface area contributed by atoms with Crippen LogP contribution in [0.4, 0.5) is 10.5 Å². The number of hydrogen-bond acceptors (Lipinski definition) is 4. The highest BCUT2D eigenvalue weighted by molar-refractivity contribution is 5.92. The van der Waals surface area contributed by atoms with E-state index in [1.165, 1.54) is 4.90 Å². The number of nitrogens with zero attached hydrogens (tertiary/aromatic N) is 2. The van der Waals surface area contributed by atoms with Crippen LogP contribution in [0.1, 0.15) is 27.7 Å². The fourth-order valence-electron chi connectivity index (χ4n) is 2.19. The van der Waals surface area contributed by atoms with Crippen LogP contribution in [0.15, 0.2) is 45.9 Å². The number of nitrogens with one attached hydrogen (secondary N) is 1. The highest BCUT2D eigenvalue weighted by atomic mass is 16.4. The van der Waals surface area contributed by atoms with E-state index in [9.17, 15) is 9.59 Å². The Kier molecular flexibility index (Phi) is 5.16. The summed E-state index contributed by atoms with van der Waals surface area (Å²) in [5.74, 6) is 0.417. The van der Waals surface area contributed by atoms with E-state index in [1.807, 2.05) is 27.7 Å². The Morgan fingerprint density at radius 3 is 2.48 bits per heavy atom. The summed E-state index contributed by atoms with van der Waals surface area (Å²) in [7, 11) is 0. The molecule has 0 bridgehead atoms.